The van der Waals surface area contributed by atoms with Crippen molar-refractivity contribution < 1.29 is 8.60 Å². The van der Waals surface area contributed by atoms with Crippen LogP contribution in [-0.4, -0.2) is 22.3 Å². The molecule has 0 saturated heterocycles. The van der Waals surface area contributed by atoms with Crippen molar-refractivity contribution in [3.8, 4) is 6.07 Å². The average molecular weight is 319 g/mol. The van der Waals surface area contributed by atoms with Crippen LogP contribution < -0.4 is 5.32 Å². The van der Waals surface area contributed by atoms with Gasteiger partial charge < -0.3 is 5.32 Å². The van der Waals surface area contributed by atoms with Crippen LogP contribution in [0.5, 0.6) is 0 Å². The van der Waals surface area contributed by atoms with Crippen LogP contribution in [-0.2, 0) is 10.8 Å². The van der Waals surface area contributed by atoms with E-state index in [0.29, 0.717) is 23.7 Å². The van der Waals surface area contributed by atoms with Crippen molar-refractivity contribution in [2.45, 2.75) is 6.92 Å². The highest BCUT2D eigenvalue weighted by atomic mass is 79.9. The maximum Gasteiger partial charge on any atom is 0.161 e. The van der Waals surface area contributed by atoms with E-state index in [1.165, 1.54) is 12.1 Å². The summed E-state index contributed by atoms with van der Waals surface area (Å²) in [5, 5.41) is 11.6. The summed E-state index contributed by atoms with van der Waals surface area (Å²) in [4.78, 5) is 0. The molecule has 0 aliphatic rings. The third-order valence-electron chi connectivity index (χ3n) is 2.17. The molecule has 0 aromatic heterocycles. The summed E-state index contributed by atoms with van der Waals surface area (Å²) in [6.45, 7) is 2.28. The second-order valence-electron chi connectivity index (χ2n) is 3.26. The lowest BCUT2D eigenvalue weighted by atomic mass is 10.2. The van der Waals surface area contributed by atoms with Crippen molar-refractivity contribution in [2.24, 2.45) is 0 Å². The summed E-state index contributed by atoms with van der Waals surface area (Å²) >= 11 is 3.03. The molecular formula is C11H12BrFN2OS. The molecule has 0 fully saturated rings. The van der Waals surface area contributed by atoms with E-state index in [1.807, 2.05) is 13.0 Å². The monoisotopic (exact) mass is 318 g/mol. The highest BCUT2D eigenvalue weighted by molar-refractivity contribution is 9.10. The van der Waals surface area contributed by atoms with Gasteiger partial charge in [0.15, 0.2) is 5.82 Å². The maximum absolute atomic E-state index is 13.7. The molecule has 1 N–H and O–H groups in total. The number of halogens is 2. The zero-order chi connectivity index (χ0) is 12.8. The highest BCUT2D eigenvalue weighted by Gasteiger charge is 2.10. The Balaban J connectivity index is 2.71. The normalized spacial score (nSPS) is 11.9. The molecule has 1 aromatic rings. The lowest BCUT2D eigenvalue weighted by Crippen LogP contribution is -2.13. The Morgan fingerprint density at radius 1 is 1.59 bits per heavy atom. The van der Waals surface area contributed by atoms with Crippen LogP contribution in [0.15, 0.2) is 16.6 Å². The molecule has 0 radical (unpaired) electrons. The molecule has 1 atom stereocenters. The average Bonchev–Trinajstić information content (AvgIpc) is 2.34. The van der Waals surface area contributed by atoms with Crippen LogP contribution in [0.25, 0.3) is 0 Å². The fraction of sp³-hybridized carbons (Fsp3) is 0.364. The SMILES string of the molecule is CCS(=O)CCNc1ccc(C#N)c(Br)c1F. The minimum atomic E-state index is -0.868. The van der Waals surface area contributed by atoms with E-state index in [2.05, 4.69) is 21.2 Å². The van der Waals surface area contributed by atoms with Crippen LogP contribution in [0.4, 0.5) is 10.1 Å². The third kappa shape index (κ3) is 3.79. The van der Waals surface area contributed by atoms with Gasteiger partial charge in [-0.2, -0.15) is 5.26 Å². The summed E-state index contributed by atoms with van der Waals surface area (Å²) < 4.78 is 25.1. The van der Waals surface area contributed by atoms with Gasteiger partial charge in [0.25, 0.3) is 0 Å². The molecule has 0 heterocycles. The molecule has 1 rings (SSSR count). The lowest BCUT2D eigenvalue weighted by Gasteiger charge is -2.08. The zero-order valence-electron chi connectivity index (χ0n) is 9.30. The summed E-state index contributed by atoms with van der Waals surface area (Å²) in [6.07, 6.45) is 0. The predicted molar refractivity (Wildman–Crippen MR) is 70.9 cm³/mol. The Morgan fingerprint density at radius 3 is 2.88 bits per heavy atom. The molecule has 0 bridgehead atoms. The molecule has 1 aromatic carbocycles. The van der Waals surface area contributed by atoms with Gasteiger partial charge in [-0.15, -0.1) is 0 Å². The molecule has 0 amide bonds. The van der Waals surface area contributed by atoms with Gasteiger partial charge in [0.2, 0.25) is 0 Å². The fourth-order valence-corrected chi connectivity index (χ4v) is 2.27. The van der Waals surface area contributed by atoms with E-state index >= 15 is 0 Å². The number of hydrogen-bond acceptors (Lipinski definition) is 3. The molecular weight excluding hydrogens is 307 g/mol. The molecule has 0 aliphatic carbocycles. The molecule has 17 heavy (non-hydrogen) atoms. The number of nitrogens with one attached hydrogen (secondary N) is 1. The first-order valence-corrected chi connectivity index (χ1v) is 7.35. The zero-order valence-corrected chi connectivity index (χ0v) is 11.7. The highest BCUT2D eigenvalue weighted by Crippen LogP contribution is 2.26. The number of anilines is 1. The molecule has 0 saturated carbocycles. The molecule has 1 unspecified atom stereocenters. The fourth-order valence-electron chi connectivity index (χ4n) is 1.22. The number of nitrogens with zero attached hydrogens (tertiary/aromatic N) is 1. The first kappa shape index (κ1) is 14.1. The van der Waals surface area contributed by atoms with Gasteiger partial charge in [0.1, 0.15) is 6.07 Å². The Hall–Kier alpha value is -0.930. The van der Waals surface area contributed by atoms with Crippen molar-refractivity contribution >= 4 is 32.4 Å². The maximum atomic E-state index is 13.7. The van der Waals surface area contributed by atoms with E-state index in [-0.39, 0.29) is 10.0 Å². The topological polar surface area (TPSA) is 52.9 Å². The Morgan fingerprint density at radius 2 is 2.29 bits per heavy atom. The molecule has 3 nitrogen and oxygen atoms in total. The van der Waals surface area contributed by atoms with Crippen molar-refractivity contribution in [2.75, 3.05) is 23.4 Å². The van der Waals surface area contributed by atoms with Gasteiger partial charge in [0.05, 0.1) is 15.7 Å². The van der Waals surface area contributed by atoms with Crippen LogP contribution in [0.1, 0.15) is 12.5 Å². The number of hydrogen-bond donors (Lipinski definition) is 1. The minimum absolute atomic E-state index is 0.154. The van der Waals surface area contributed by atoms with E-state index in [0.717, 1.165) is 0 Å². The van der Waals surface area contributed by atoms with E-state index in [1.54, 1.807) is 0 Å². The second-order valence-corrected chi connectivity index (χ2v) is 5.92. The molecule has 92 valence electrons. The van der Waals surface area contributed by atoms with Gasteiger partial charge in [-0.25, -0.2) is 4.39 Å². The van der Waals surface area contributed by atoms with Gasteiger partial charge in [-0.05, 0) is 28.1 Å². The van der Waals surface area contributed by atoms with Gasteiger partial charge in [0, 0.05) is 28.9 Å². The Labute approximate surface area is 111 Å². The summed E-state index contributed by atoms with van der Waals surface area (Å²) in [7, 11) is -0.868. The number of nitriles is 1. The molecule has 0 spiro atoms. The van der Waals surface area contributed by atoms with Crippen LogP contribution in [0.3, 0.4) is 0 Å². The molecule has 6 heteroatoms. The third-order valence-corrected chi connectivity index (χ3v) is 4.25. The van der Waals surface area contributed by atoms with E-state index < -0.39 is 16.6 Å². The number of benzene rings is 1. The summed E-state index contributed by atoms with van der Waals surface area (Å²) in [5.74, 6) is 0.584. The van der Waals surface area contributed by atoms with Crippen molar-refractivity contribution in [1.82, 2.24) is 0 Å². The Kier molecular flexibility index (Phi) is 5.59. The van der Waals surface area contributed by atoms with E-state index in [9.17, 15) is 8.60 Å². The molecule has 0 aliphatic heterocycles. The minimum Gasteiger partial charge on any atom is -0.382 e. The van der Waals surface area contributed by atoms with Crippen LogP contribution >= 0.6 is 15.9 Å². The smallest absolute Gasteiger partial charge is 0.161 e. The lowest BCUT2D eigenvalue weighted by molar-refractivity contribution is 0.623. The largest absolute Gasteiger partial charge is 0.382 e. The number of rotatable bonds is 5. The van der Waals surface area contributed by atoms with Crippen molar-refractivity contribution in [3.05, 3.63) is 28.0 Å². The predicted octanol–water partition coefficient (Wildman–Crippen LogP) is 2.64. The first-order valence-electron chi connectivity index (χ1n) is 5.07. The van der Waals surface area contributed by atoms with Crippen molar-refractivity contribution in [3.63, 3.8) is 0 Å². The van der Waals surface area contributed by atoms with Gasteiger partial charge in [-0.3, -0.25) is 4.21 Å². The van der Waals surface area contributed by atoms with Crippen LogP contribution in [0, 0.1) is 17.1 Å². The standard InChI is InChI=1S/C11H12BrFN2OS/c1-2-17(16)6-5-15-9-4-3-8(7-14)10(12)11(9)13/h3-4,15H,2,5-6H2,1H3. The van der Waals surface area contributed by atoms with Crippen molar-refractivity contribution in [1.29, 1.82) is 5.26 Å². The first-order chi connectivity index (χ1) is 8.10. The second kappa shape index (κ2) is 6.72. The van der Waals surface area contributed by atoms with E-state index in [4.69, 9.17) is 5.26 Å². The van der Waals surface area contributed by atoms with Crippen LogP contribution in [0.2, 0.25) is 0 Å². The Bertz CT molecular complexity index is 473. The van der Waals surface area contributed by atoms with Gasteiger partial charge in [-0.1, -0.05) is 6.92 Å². The van der Waals surface area contributed by atoms with Gasteiger partial charge >= 0.3 is 0 Å². The quantitative estimate of drug-likeness (QED) is 0.908. The summed E-state index contributed by atoms with van der Waals surface area (Å²) in [5.41, 5.74) is 0.564. The summed E-state index contributed by atoms with van der Waals surface area (Å²) in [6, 6.07) is 4.92.